The number of carbonyl (C=O) groups is 1. The van der Waals surface area contributed by atoms with Gasteiger partial charge in [0.2, 0.25) is 0 Å². The predicted octanol–water partition coefficient (Wildman–Crippen LogP) is 2.80. The number of benzene rings is 2. The van der Waals surface area contributed by atoms with Crippen LogP contribution in [0.3, 0.4) is 0 Å². The minimum Gasteiger partial charge on any atom is -0.379 e. The van der Waals surface area contributed by atoms with Crippen molar-refractivity contribution in [3.63, 3.8) is 0 Å². The lowest BCUT2D eigenvalue weighted by molar-refractivity contribution is -0.137. The molecule has 23 heavy (non-hydrogen) atoms. The molecule has 3 rings (SSSR count). The zero-order valence-electron chi connectivity index (χ0n) is 12.9. The van der Waals surface area contributed by atoms with Gasteiger partial charge in [0.15, 0.2) is 5.60 Å². The second-order valence-electron chi connectivity index (χ2n) is 5.92. The summed E-state index contributed by atoms with van der Waals surface area (Å²) >= 11 is 1.63. The third kappa shape index (κ3) is 3.77. The van der Waals surface area contributed by atoms with Gasteiger partial charge in [-0.15, -0.1) is 0 Å². The molecule has 120 valence electrons. The van der Waals surface area contributed by atoms with Gasteiger partial charge in [-0.1, -0.05) is 60.7 Å². The fourth-order valence-corrected chi connectivity index (χ4v) is 4.13. The van der Waals surface area contributed by atoms with Gasteiger partial charge in [0.25, 0.3) is 5.91 Å². The molecular weight excluding hydrogens is 306 g/mol. The molecular formula is C19H21NO2S. The zero-order valence-corrected chi connectivity index (χ0v) is 13.8. The molecule has 2 N–H and O–H groups in total. The molecule has 0 aliphatic carbocycles. The maximum Gasteiger partial charge on any atom is 0.252 e. The van der Waals surface area contributed by atoms with Crippen LogP contribution in [-0.2, 0) is 4.79 Å². The smallest absolute Gasteiger partial charge is 0.252 e. The normalized spacial score (nSPS) is 20.6. The summed E-state index contributed by atoms with van der Waals surface area (Å²) in [5.74, 6) is 1.16. The van der Waals surface area contributed by atoms with Crippen molar-refractivity contribution in [2.45, 2.75) is 17.9 Å². The molecule has 3 nitrogen and oxygen atoms in total. The van der Waals surface area contributed by atoms with E-state index in [0.29, 0.717) is 18.7 Å². The summed E-state index contributed by atoms with van der Waals surface area (Å²) in [4.78, 5) is 12.4. The largest absolute Gasteiger partial charge is 0.379 e. The Morgan fingerprint density at radius 2 is 1.65 bits per heavy atom. The van der Waals surface area contributed by atoms with Crippen molar-refractivity contribution < 1.29 is 9.90 Å². The van der Waals surface area contributed by atoms with Crippen LogP contribution in [0.1, 0.15) is 23.5 Å². The topological polar surface area (TPSA) is 49.3 Å². The van der Waals surface area contributed by atoms with Crippen LogP contribution in [0.15, 0.2) is 60.7 Å². The van der Waals surface area contributed by atoms with Gasteiger partial charge < -0.3 is 10.4 Å². The molecule has 2 aromatic carbocycles. The third-order valence-electron chi connectivity index (χ3n) is 4.29. The molecule has 1 aliphatic heterocycles. The van der Waals surface area contributed by atoms with E-state index in [1.54, 1.807) is 11.8 Å². The van der Waals surface area contributed by atoms with Crippen LogP contribution < -0.4 is 5.32 Å². The van der Waals surface area contributed by atoms with E-state index < -0.39 is 5.60 Å². The molecule has 4 heteroatoms. The number of nitrogens with one attached hydrogen (secondary N) is 1. The van der Waals surface area contributed by atoms with Crippen molar-refractivity contribution in [3.05, 3.63) is 71.8 Å². The van der Waals surface area contributed by atoms with Crippen molar-refractivity contribution in [1.29, 1.82) is 0 Å². The van der Waals surface area contributed by atoms with Crippen molar-refractivity contribution in [1.82, 2.24) is 5.32 Å². The Balaban J connectivity index is 1.76. The average Bonchev–Trinajstić information content (AvgIpc) is 3.05. The van der Waals surface area contributed by atoms with Crippen LogP contribution in [0.25, 0.3) is 0 Å². The highest BCUT2D eigenvalue weighted by molar-refractivity contribution is 7.99. The van der Waals surface area contributed by atoms with Gasteiger partial charge in [-0.3, -0.25) is 4.79 Å². The van der Waals surface area contributed by atoms with Gasteiger partial charge in [0.1, 0.15) is 0 Å². The summed E-state index contributed by atoms with van der Waals surface area (Å²) in [6.45, 7) is 0.486. The summed E-state index contributed by atoms with van der Waals surface area (Å²) in [6.07, 6.45) is 0.533. The first-order valence-electron chi connectivity index (χ1n) is 7.87. The van der Waals surface area contributed by atoms with Gasteiger partial charge in [0, 0.05) is 18.2 Å². The van der Waals surface area contributed by atoms with Crippen LogP contribution in [0.5, 0.6) is 0 Å². The van der Waals surface area contributed by atoms with Crippen molar-refractivity contribution >= 4 is 17.7 Å². The summed E-state index contributed by atoms with van der Waals surface area (Å²) in [6, 6.07) is 20.3. The number of carbonyl (C=O) groups excluding carboxylic acids is 1. The maximum atomic E-state index is 12.4. The highest BCUT2D eigenvalue weighted by Gasteiger charge is 2.39. The van der Waals surface area contributed by atoms with Crippen LogP contribution in [0.2, 0.25) is 0 Å². The Labute approximate surface area is 141 Å². The second-order valence-corrected chi connectivity index (χ2v) is 7.02. The van der Waals surface area contributed by atoms with Crippen molar-refractivity contribution in [2.24, 2.45) is 0 Å². The first-order chi connectivity index (χ1) is 11.2. The van der Waals surface area contributed by atoms with Gasteiger partial charge in [-0.05, 0) is 23.3 Å². The first kappa shape index (κ1) is 16.1. The molecule has 2 aromatic rings. The highest BCUT2D eigenvalue weighted by Crippen LogP contribution is 2.29. The quantitative estimate of drug-likeness (QED) is 0.888. The summed E-state index contributed by atoms with van der Waals surface area (Å²) in [5.41, 5.74) is 1.11. The molecule has 0 radical (unpaired) electrons. The molecule has 0 aromatic heterocycles. The highest BCUT2D eigenvalue weighted by atomic mass is 32.2. The van der Waals surface area contributed by atoms with E-state index in [9.17, 15) is 9.90 Å². The summed E-state index contributed by atoms with van der Waals surface area (Å²) in [5, 5.41) is 13.3. The van der Waals surface area contributed by atoms with Gasteiger partial charge >= 0.3 is 0 Å². The van der Waals surface area contributed by atoms with Crippen LogP contribution in [-0.4, -0.2) is 34.7 Å². The van der Waals surface area contributed by atoms with Gasteiger partial charge in [-0.2, -0.15) is 11.8 Å². The van der Waals surface area contributed by atoms with E-state index in [-0.39, 0.29) is 11.8 Å². The van der Waals surface area contributed by atoms with E-state index in [1.807, 2.05) is 36.4 Å². The Morgan fingerprint density at radius 1 is 1.09 bits per heavy atom. The number of hydrogen-bond donors (Lipinski definition) is 2. The molecule has 0 unspecified atom stereocenters. The zero-order chi connectivity index (χ0) is 16.1. The van der Waals surface area contributed by atoms with E-state index in [4.69, 9.17) is 0 Å². The number of hydrogen-bond acceptors (Lipinski definition) is 3. The molecule has 1 fully saturated rings. The molecule has 1 amide bonds. The lowest BCUT2D eigenvalue weighted by atomic mass is 9.91. The number of aliphatic hydroxyl groups is 1. The maximum absolute atomic E-state index is 12.4. The number of amides is 1. The number of rotatable bonds is 5. The SMILES string of the molecule is O=C(NCC(c1ccccc1)c1ccccc1)[C@]1(O)CCSC1. The van der Waals surface area contributed by atoms with Crippen LogP contribution in [0.4, 0.5) is 0 Å². The van der Waals surface area contributed by atoms with E-state index in [1.165, 1.54) is 0 Å². The fraction of sp³-hybridized carbons (Fsp3) is 0.316. The fourth-order valence-electron chi connectivity index (χ4n) is 2.89. The average molecular weight is 327 g/mol. The summed E-state index contributed by atoms with van der Waals surface area (Å²) < 4.78 is 0. The minimum atomic E-state index is -1.21. The van der Waals surface area contributed by atoms with Crippen LogP contribution >= 0.6 is 11.8 Å². The Morgan fingerprint density at radius 3 is 2.13 bits per heavy atom. The lowest BCUT2D eigenvalue weighted by Crippen LogP contribution is -2.48. The van der Waals surface area contributed by atoms with Gasteiger partial charge in [0.05, 0.1) is 0 Å². The molecule has 0 saturated carbocycles. The first-order valence-corrected chi connectivity index (χ1v) is 9.03. The third-order valence-corrected chi connectivity index (χ3v) is 5.47. The second kappa shape index (κ2) is 7.20. The molecule has 1 heterocycles. The lowest BCUT2D eigenvalue weighted by Gasteiger charge is -2.24. The predicted molar refractivity (Wildman–Crippen MR) is 94.6 cm³/mol. The Bertz CT molecular complexity index is 599. The standard InChI is InChI=1S/C19H21NO2S/c21-18(19(22)11-12-23-14-19)20-13-17(15-7-3-1-4-8-15)16-9-5-2-6-10-16/h1-10,17,22H,11-14H2,(H,20,21)/t19-/m0/s1. The Hall–Kier alpha value is -1.78. The van der Waals surface area contributed by atoms with E-state index in [2.05, 4.69) is 29.6 Å². The number of thioether (sulfide) groups is 1. The van der Waals surface area contributed by atoms with Crippen molar-refractivity contribution in [2.75, 3.05) is 18.1 Å². The Kier molecular flexibility index (Phi) is 5.03. The molecule has 1 atom stereocenters. The van der Waals surface area contributed by atoms with Crippen LogP contribution in [0, 0.1) is 0 Å². The minimum absolute atomic E-state index is 0.0824. The van der Waals surface area contributed by atoms with Gasteiger partial charge in [-0.25, -0.2) is 0 Å². The summed E-state index contributed by atoms with van der Waals surface area (Å²) in [7, 11) is 0. The van der Waals surface area contributed by atoms with E-state index >= 15 is 0 Å². The van der Waals surface area contributed by atoms with Crippen molar-refractivity contribution in [3.8, 4) is 0 Å². The monoisotopic (exact) mass is 327 g/mol. The molecule has 1 saturated heterocycles. The van der Waals surface area contributed by atoms with E-state index in [0.717, 1.165) is 16.9 Å². The molecule has 1 aliphatic rings. The molecule has 0 spiro atoms. The molecule has 0 bridgehead atoms.